The summed E-state index contributed by atoms with van der Waals surface area (Å²) in [5.41, 5.74) is 0.392. The van der Waals surface area contributed by atoms with Gasteiger partial charge in [-0.25, -0.2) is 0 Å². The number of carboxylic acids is 1. The Hall–Kier alpha value is -0.224. The molecule has 0 saturated carbocycles. The molecule has 0 saturated heterocycles. The fourth-order valence-corrected chi connectivity index (χ4v) is 1.11. The Bertz CT molecular complexity index is 152. The van der Waals surface area contributed by atoms with E-state index in [0.717, 1.165) is 19.3 Å². The Morgan fingerprint density at radius 2 is 1.64 bits per heavy atom. The van der Waals surface area contributed by atoms with E-state index in [1.165, 1.54) is 6.42 Å². The molecule has 0 aromatic rings. The van der Waals surface area contributed by atoms with E-state index in [1.807, 2.05) is 0 Å². The van der Waals surface area contributed by atoms with Crippen LogP contribution in [0.2, 0.25) is 0 Å². The Morgan fingerprint density at radius 3 is 2.00 bits per heavy atom. The third kappa shape index (κ3) is 17.8. The van der Waals surface area contributed by atoms with E-state index < -0.39 is 5.97 Å². The number of hydrogen-bond acceptors (Lipinski definition) is 2. The number of carbonyl (C=O) groups is 1. The maximum absolute atomic E-state index is 10.2. The molecule has 0 aromatic heterocycles. The number of carboxylic acid groups (broad SMARTS) is 1. The van der Waals surface area contributed by atoms with E-state index in [9.17, 15) is 4.79 Å². The molecule has 0 amide bonds. The van der Waals surface area contributed by atoms with Crippen molar-refractivity contribution in [3.8, 4) is 0 Å². The molecule has 4 heteroatoms. The molecule has 0 aromatic carbocycles. The van der Waals surface area contributed by atoms with Crippen molar-refractivity contribution in [3.05, 3.63) is 0 Å². The second kappa shape index (κ2) is 9.34. The van der Waals surface area contributed by atoms with Crippen molar-refractivity contribution >= 4 is 5.97 Å². The SMILES string of the molecule is CC(C)(C)CCCCCC(=O)O.[O]=[Co]. The van der Waals surface area contributed by atoms with Gasteiger partial charge < -0.3 is 5.11 Å². The summed E-state index contributed by atoms with van der Waals surface area (Å²) in [6.45, 7) is 6.64. The Morgan fingerprint density at radius 1 is 1.14 bits per heavy atom. The van der Waals surface area contributed by atoms with Crippen LogP contribution in [0.25, 0.3) is 0 Å². The van der Waals surface area contributed by atoms with Gasteiger partial charge in [0, 0.05) is 6.42 Å². The molecule has 0 aliphatic rings. The molecule has 0 radical (unpaired) electrons. The molecule has 0 unspecified atom stereocenters. The van der Waals surface area contributed by atoms with Gasteiger partial charge in [-0.05, 0) is 18.3 Å². The monoisotopic (exact) mass is 247 g/mol. The molecule has 0 spiro atoms. The van der Waals surface area contributed by atoms with Gasteiger partial charge in [0.15, 0.2) is 0 Å². The second-order valence-corrected chi connectivity index (χ2v) is 4.52. The predicted octanol–water partition coefficient (Wildman–Crippen LogP) is 2.95. The zero-order valence-corrected chi connectivity index (χ0v) is 10.2. The molecule has 0 fully saturated rings. The molecular formula is C10H20CoO3. The molecular weight excluding hydrogens is 227 g/mol. The van der Waals surface area contributed by atoms with Crippen LogP contribution in [-0.2, 0) is 24.3 Å². The third-order valence-electron chi connectivity index (χ3n) is 1.82. The fraction of sp³-hybridized carbons (Fsp3) is 0.900. The first-order chi connectivity index (χ1) is 6.42. The van der Waals surface area contributed by atoms with E-state index >= 15 is 0 Å². The normalized spacial score (nSPS) is 10.3. The topological polar surface area (TPSA) is 54.4 Å². The fourth-order valence-electron chi connectivity index (χ4n) is 1.11. The standard InChI is InChI=1S/C10H20O2.Co.O/c1-10(2,3)8-6-4-5-7-9(11)12;;/h4-8H2,1-3H3,(H,11,12);;. The van der Waals surface area contributed by atoms with Crippen molar-refractivity contribution in [2.24, 2.45) is 5.41 Å². The van der Waals surface area contributed by atoms with Crippen molar-refractivity contribution < 1.29 is 29.4 Å². The summed E-state index contributed by atoms with van der Waals surface area (Å²) in [4.78, 5) is 10.2. The maximum atomic E-state index is 10.2. The van der Waals surface area contributed by atoms with Crippen molar-refractivity contribution in [3.63, 3.8) is 0 Å². The second-order valence-electron chi connectivity index (χ2n) is 4.52. The summed E-state index contributed by atoms with van der Waals surface area (Å²) >= 11 is 2.31. The first kappa shape index (κ1) is 16.2. The van der Waals surface area contributed by atoms with Gasteiger partial charge in [-0.3, -0.25) is 4.79 Å². The molecule has 87 valence electrons. The molecule has 0 atom stereocenters. The van der Waals surface area contributed by atoms with E-state index in [-0.39, 0.29) is 0 Å². The average Bonchev–Trinajstić information content (AvgIpc) is 2.05. The Kier molecular flexibility index (Phi) is 10.8. The Labute approximate surface area is 94.1 Å². The molecule has 0 bridgehead atoms. The van der Waals surface area contributed by atoms with Crippen LogP contribution in [0.1, 0.15) is 52.9 Å². The van der Waals surface area contributed by atoms with Gasteiger partial charge in [0.1, 0.15) is 0 Å². The van der Waals surface area contributed by atoms with Crippen LogP contribution >= 0.6 is 0 Å². The van der Waals surface area contributed by atoms with Crippen LogP contribution < -0.4 is 0 Å². The van der Waals surface area contributed by atoms with Crippen LogP contribution in [0.4, 0.5) is 0 Å². The quantitative estimate of drug-likeness (QED) is 0.760. The van der Waals surface area contributed by atoms with Crippen LogP contribution in [0, 0.1) is 5.41 Å². The van der Waals surface area contributed by atoms with Gasteiger partial charge in [-0.2, -0.15) is 0 Å². The predicted molar refractivity (Wildman–Crippen MR) is 50.9 cm³/mol. The van der Waals surface area contributed by atoms with Crippen molar-refractivity contribution in [1.82, 2.24) is 0 Å². The van der Waals surface area contributed by atoms with Gasteiger partial charge in [-0.1, -0.05) is 33.6 Å². The minimum absolute atomic E-state index is 0.324. The minimum atomic E-state index is -0.675. The molecule has 0 rings (SSSR count). The number of rotatable bonds is 5. The summed E-state index contributed by atoms with van der Waals surface area (Å²) in [5, 5.41) is 8.37. The summed E-state index contributed by atoms with van der Waals surface area (Å²) in [7, 11) is 0. The van der Waals surface area contributed by atoms with Crippen molar-refractivity contribution in [1.29, 1.82) is 0 Å². The summed E-state index contributed by atoms with van der Waals surface area (Å²) < 4.78 is 7.94. The molecule has 3 nitrogen and oxygen atoms in total. The van der Waals surface area contributed by atoms with Crippen LogP contribution in [-0.4, -0.2) is 11.1 Å². The van der Waals surface area contributed by atoms with Gasteiger partial charge in [0.25, 0.3) is 0 Å². The molecule has 0 heterocycles. The summed E-state index contributed by atoms with van der Waals surface area (Å²) in [5.74, 6) is -0.675. The first-order valence-corrected chi connectivity index (χ1v) is 5.20. The van der Waals surface area contributed by atoms with Gasteiger partial charge in [0.2, 0.25) is 0 Å². The number of unbranched alkanes of at least 4 members (excludes halogenated alkanes) is 2. The molecule has 1 N–H and O–H groups in total. The first-order valence-electron chi connectivity index (χ1n) is 4.77. The van der Waals surface area contributed by atoms with E-state index in [4.69, 9.17) is 8.97 Å². The summed E-state index contributed by atoms with van der Waals surface area (Å²) in [6, 6.07) is 0. The van der Waals surface area contributed by atoms with E-state index in [0.29, 0.717) is 11.8 Å². The van der Waals surface area contributed by atoms with Gasteiger partial charge in [0.05, 0.1) is 0 Å². The molecule has 0 aliphatic carbocycles. The number of aliphatic carboxylic acids is 1. The third-order valence-corrected chi connectivity index (χ3v) is 1.82. The van der Waals surface area contributed by atoms with Crippen LogP contribution in [0.5, 0.6) is 0 Å². The summed E-state index contributed by atoms with van der Waals surface area (Å²) in [6.07, 6.45) is 4.53. The van der Waals surface area contributed by atoms with Crippen molar-refractivity contribution in [2.45, 2.75) is 52.9 Å². The zero-order valence-electron chi connectivity index (χ0n) is 9.13. The average molecular weight is 247 g/mol. The van der Waals surface area contributed by atoms with Crippen LogP contribution in [0.3, 0.4) is 0 Å². The van der Waals surface area contributed by atoms with Crippen LogP contribution in [0.15, 0.2) is 0 Å². The van der Waals surface area contributed by atoms with E-state index in [1.54, 1.807) is 0 Å². The molecule has 0 aliphatic heterocycles. The molecule has 14 heavy (non-hydrogen) atoms. The van der Waals surface area contributed by atoms with Gasteiger partial charge in [-0.15, -0.1) is 0 Å². The van der Waals surface area contributed by atoms with Gasteiger partial charge >= 0.3 is 25.5 Å². The Balaban J connectivity index is 0. The zero-order chi connectivity index (χ0) is 11.6. The number of hydrogen-bond donors (Lipinski definition) is 1. The van der Waals surface area contributed by atoms with E-state index in [2.05, 4.69) is 36.4 Å². The van der Waals surface area contributed by atoms with Crippen molar-refractivity contribution in [2.75, 3.05) is 0 Å².